The minimum absolute atomic E-state index is 0.0616. The number of halogens is 2. The van der Waals surface area contributed by atoms with Crippen LogP contribution >= 0.6 is 0 Å². The van der Waals surface area contributed by atoms with Crippen LogP contribution < -0.4 is 10.1 Å². The summed E-state index contributed by atoms with van der Waals surface area (Å²) in [5.41, 5.74) is -1.00. The first-order valence-corrected chi connectivity index (χ1v) is 8.36. The van der Waals surface area contributed by atoms with Crippen molar-refractivity contribution in [2.45, 2.75) is 19.1 Å². The van der Waals surface area contributed by atoms with E-state index in [-0.39, 0.29) is 18.2 Å². The SMILES string of the molecule is C[C@@]1(c2ccc(OC(F)F)cc2)NC(=O)N(CC(=O)N2CCOCC2)C1=O. The second-order valence-electron chi connectivity index (χ2n) is 6.34. The van der Waals surface area contributed by atoms with Crippen molar-refractivity contribution in [3.05, 3.63) is 29.8 Å². The summed E-state index contributed by atoms with van der Waals surface area (Å²) in [6.07, 6.45) is 0. The maximum absolute atomic E-state index is 12.8. The van der Waals surface area contributed by atoms with Gasteiger partial charge in [-0.25, -0.2) is 4.79 Å². The fourth-order valence-electron chi connectivity index (χ4n) is 3.05. The van der Waals surface area contributed by atoms with E-state index in [9.17, 15) is 23.2 Å². The van der Waals surface area contributed by atoms with Crippen molar-refractivity contribution in [1.82, 2.24) is 15.1 Å². The average Bonchev–Trinajstić information content (AvgIpc) is 2.86. The number of alkyl halides is 2. The van der Waals surface area contributed by atoms with E-state index in [0.29, 0.717) is 31.9 Å². The van der Waals surface area contributed by atoms with Crippen molar-refractivity contribution >= 4 is 17.8 Å². The molecular weight excluding hydrogens is 364 g/mol. The maximum Gasteiger partial charge on any atom is 0.387 e. The maximum atomic E-state index is 12.8. The first kappa shape index (κ1) is 19.0. The molecule has 2 aliphatic heterocycles. The number of nitrogens with zero attached hydrogens (tertiary/aromatic N) is 2. The molecule has 146 valence electrons. The number of imide groups is 1. The highest BCUT2D eigenvalue weighted by molar-refractivity contribution is 6.09. The second-order valence-corrected chi connectivity index (χ2v) is 6.34. The molecule has 0 radical (unpaired) electrons. The molecule has 2 aliphatic rings. The third-order valence-corrected chi connectivity index (χ3v) is 4.59. The highest BCUT2D eigenvalue weighted by atomic mass is 19.3. The number of hydrogen-bond donors (Lipinski definition) is 1. The molecular formula is C17H19F2N3O5. The molecule has 27 heavy (non-hydrogen) atoms. The Labute approximate surface area is 154 Å². The van der Waals surface area contributed by atoms with Crippen LogP contribution in [0.2, 0.25) is 0 Å². The summed E-state index contributed by atoms with van der Waals surface area (Å²) in [4.78, 5) is 39.8. The minimum Gasteiger partial charge on any atom is -0.435 e. The summed E-state index contributed by atoms with van der Waals surface area (Å²) < 4.78 is 34.0. The van der Waals surface area contributed by atoms with Crippen LogP contribution in [0.1, 0.15) is 12.5 Å². The summed E-state index contributed by atoms with van der Waals surface area (Å²) in [6.45, 7) is -0.187. The van der Waals surface area contributed by atoms with E-state index >= 15 is 0 Å². The lowest BCUT2D eigenvalue weighted by molar-refractivity contribution is -0.141. The van der Waals surface area contributed by atoms with Crippen LogP contribution in [0.3, 0.4) is 0 Å². The van der Waals surface area contributed by atoms with Crippen molar-refractivity contribution in [3.8, 4) is 5.75 Å². The number of hydrogen-bond acceptors (Lipinski definition) is 5. The molecule has 2 heterocycles. The second kappa shape index (κ2) is 7.47. The number of morpholine rings is 1. The summed E-state index contributed by atoms with van der Waals surface area (Å²) in [5, 5.41) is 2.57. The molecule has 4 amide bonds. The molecule has 2 fully saturated rings. The van der Waals surface area contributed by atoms with E-state index in [2.05, 4.69) is 10.1 Å². The molecule has 2 saturated heterocycles. The molecule has 0 spiro atoms. The van der Waals surface area contributed by atoms with Crippen molar-refractivity contribution in [1.29, 1.82) is 0 Å². The van der Waals surface area contributed by atoms with Gasteiger partial charge in [-0.15, -0.1) is 0 Å². The lowest BCUT2D eigenvalue weighted by atomic mass is 9.92. The smallest absolute Gasteiger partial charge is 0.387 e. The van der Waals surface area contributed by atoms with E-state index in [1.165, 1.54) is 36.1 Å². The number of amides is 4. The molecule has 0 aromatic heterocycles. The van der Waals surface area contributed by atoms with Gasteiger partial charge in [0.1, 0.15) is 17.8 Å². The van der Waals surface area contributed by atoms with Gasteiger partial charge in [0.25, 0.3) is 5.91 Å². The Morgan fingerprint density at radius 1 is 1.26 bits per heavy atom. The number of rotatable bonds is 5. The van der Waals surface area contributed by atoms with E-state index in [4.69, 9.17) is 4.74 Å². The van der Waals surface area contributed by atoms with E-state index in [1.54, 1.807) is 0 Å². The molecule has 1 atom stereocenters. The zero-order valence-corrected chi connectivity index (χ0v) is 14.6. The summed E-state index contributed by atoms with van der Waals surface area (Å²) >= 11 is 0. The molecule has 1 aromatic carbocycles. The standard InChI is InChI=1S/C17H19F2N3O5/c1-17(11-2-4-12(5-3-11)27-15(18)19)14(24)22(16(25)20-17)10-13(23)21-6-8-26-9-7-21/h2-5,15H,6-10H2,1H3,(H,20,25)/t17-/m0/s1. The largest absolute Gasteiger partial charge is 0.435 e. The molecule has 1 aromatic rings. The highest BCUT2D eigenvalue weighted by Crippen LogP contribution is 2.30. The fraction of sp³-hybridized carbons (Fsp3) is 0.471. The van der Waals surface area contributed by atoms with Crippen LogP contribution in [-0.4, -0.2) is 67.1 Å². The number of ether oxygens (including phenoxy) is 2. The Balaban J connectivity index is 1.72. The highest BCUT2D eigenvalue weighted by Gasteiger charge is 2.49. The van der Waals surface area contributed by atoms with Crippen molar-refractivity contribution in [2.24, 2.45) is 0 Å². The zero-order chi connectivity index (χ0) is 19.6. The lowest BCUT2D eigenvalue weighted by Crippen LogP contribution is -2.47. The van der Waals surface area contributed by atoms with Gasteiger partial charge < -0.3 is 19.7 Å². The van der Waals surface area contributed by atoms with E-state index in [1.807, 2.05) is 0 Å². The normalized spacial score (nSPS) is 23.0. The van der Waals surface area contributed by atoms with Crippen LogP contribution in [0.4, 0.5) is 13.6 Å². The first-order chi connectivity index (χ1) is 12.8. The van der Waals surface area contributed by atoms with Crippen molar-refractivity contribution in [3.63, 3.8) is 0 Å². The van der Waals surface area contributed by atoms with Crippen molar-refractivity contribution in [2.75, 3.05) is 32.8 Å². The molecule has 0 bridgehead atoms. The third-order valence-electron chi connectivity index (χ3n) is 4.59. The summed E-state index contributed by atoms with van der Waals surface area (Å²) in [6, 6.07) is 4.73. The van der Waals surface area contributed by atoms with Gasteiger partial charge in [-0.2, -0.15) is 8.78 Å². The predicted molar refractivity (Wildman–Crippen MR) is 88.1 cm³/mol. The van der Waals surface area contributed by atoms with Gasteiger partial charge in [0.15, 0.2) is 0 Å². The van der Waals surface area contributed by atoms with Gasteiger partial charge >= 0.3 is 12.6 Å². The zero-order valence-electron chi connectivity index (χ0n) is 14.6. The minimum atomic E-state index is -2.96. The summed E-state index contributed by atoms with van der Waals surface area (Å²) in [5.74, 6) is -0.989. The third kappa shape index (κ3) is 3.85. The molecule has 0 unspecified atom stereocenters. The van der Waals surface area contributed by atoms with E-state index < -0.39 is 24.1 Å². The molecule has 0 aliphatic carbocycles. The van der Waals surface area contributed by atoms with Crippen LogP contribution in [0.25, 0.3) is 0 Å². The van der Waals surface area contributed by atoms with Gasteiger partial charge in [0.2, 0.25) is 5.91 Å². The number of carbonyl (C=O) groups is 3. The Morgan fingerprint density at radius 3 is 2.48 bits per heavy atom. The van der Waals surface area contributed by atoms with Crippen molar-refractivity contribution < 1.29 is 32.6 Å². The molecule has 10 heteroatoms. The molecule has 3 rings (SSSR count). The molecule has 8 nitrogen and oxygen atoms in total. The Hall–Kier alpha value is -2.75. The summed E-state index contributed by atoms with van der Waals surface area (Å²) in [7, 11) is 0. The monoisotopic (exact) mass is 383 g/mol. The van der Waals surface area contributed by atoms with Gasteiger partial charge in [0, 0.05) is 13.1 Å². The lowest BCUT2D eigenvalue weighted by Gasteiger charge is -2.28. The van der Waals surface area contributed by atoms with E-state index in [0.717, 1.165) is 4.90 Å². The van der Waals surface area contributed by atoms with Crippen LogP contribution in [0.5, 0.6) is 5.75 Å². The molecule has 1 N–H and O–H groups in total. The van der Waals surface area contributed by atoms with Crippen LogP contribution in [-0.2, 0) is 19.9 Å². The topological polar surface area (TPSA) is 88.2 Å². The number of benzene rings is 1. The Morgan fingerprint density at radius 2 is 1.89 bits per heavy atom. The fourth-order valence-corrected chi connectivity index (χ4v) is 3.05. The Kier molecular flexibility index (Phi) is 5.26. The van der Waals surface area contributed by atoms with Gasteiger partial charge in [-0.05, 0) is 24.6 Å². The van der Waals surface area contributed by atoms with Crippen LogP contribution in [0.15, 0.2) is 24.3 Å². The van der Waals surface area contributed by atoms with Crippen LogP contribution in [0, 0.1) is 0 Å². The quantitative estimate of drug-likeness (QED) is 0.764. The number of carbonyl (C=O) groups excluding carboxylic acids is 3. The molecule has 0 saturated carbocycles. The van der Waals surface area contributed by atoms with Gasteiger partial charge in [0.05, 0.1) is 13.2 Å². The first-order valence-electron chi connectivity index (χ1n) is 8.36. The van der Waals surface area contributed by atoms with Gasteiger partial charge in [-0.1, -0.05) is 12.1 Å². The Bertz CT molecular complexity index is 737. The van der Waals surface area contributed by atoms with Gasteiger partial charge in [-0.3, -0.25) is 14.5 Å². The average molecular weight is 383 g/mol. The number of nitrogens with one attached hydrogen (secondary N) is 1. The predicted octanol–water partition coefficient (Wildman–Crippen LogP) is 0.914. The number of urea groups is 1.